The quantitative estimate of drug-likeness (QED) is 0.701. The Kier molecular flexibility index (Phi) is 3.03. The van der Waals surface area contributed by atoms with Gasteiger partial charge in [-0.05, 0) is 28.6 Å². The van der Waals surface area contributed by atoms with Crippen LogP contribution in [0.25, 0.3) is 11.1 Å². The molecule has 0 bridgehead atoms. The Bertz CT molecular complexity index is 448. The van der Waals surface area contributed by atoms with Gasteiger partial charge in [-0.15, -0.1) is 9.24 Å². The molecule has 0 aliphatic carbocycles. The van der Waals surface area contributed by atoms with E-state index in [1.54, 1.807) is 7.11 Å². The Labute approximate surface area is 92.3 Å². The maximum atomic E-state index is 5.20. The van der Waals surface area contributed by atoms with Gasteiger partial charge in [0.15, 0.2) is 0 Å². The van der Waals surface area contributed by atoms with Crippen LogP contribution >= 0.6 is 9.24 Å². The molecule has 0 fully saturated rings. The minimum Gasteiger partial charge on any atom is -0.497 e. The van der Waals surface area contributed by atoms with Crippen LogP contribution in [0.15, 0.2) is 48.5 Å². The highest BCUT2D eigenvalue weighted by Gasteiger charge is 1.98. The normalized spacial score (nSPS) is 10.0. The first-order chi connectivity index (χ1) is 7.29. The van der Waals surface area contributed by atoms with Crippen molar-refractivity contribution in [3.8, 4) is 16.9 Å². The third-order valence-electron chi connectivity index (χ3n) is 2.31. The molecular formula is C13H13OP. The zero-order valence-corrected chi connectivity index (χ0v) is 9.76. The number of methoxy groups -OCH3 is 1. The summed E-state index contributed by atoms with van der Waals surface area (Å²) in [6, 6.07) is 16.5. The molecule has 2 heteroatoms. The fraction of sp³-hybridized carbons (Fsp3) is 0.0769. The van der Waals surface area contributed by atoms with Crippen LogP contribution < -0.4 is 10.0 Å². The summed E-state index contributed by atoms with van der Waals surface area (Å²) < 4.78 is 5.20. The minimum absolute atomic E-state index is 0.891. The first-order valence-corrected chi connectivity index (χ1v) is 5.37. The molecule has 15 heavy (non-hydrogen) atoms. The van der Waals surface area contributed by atoms with E-state index in [-0.39, 0.29) is 0 Å². The highest BCUT2D eigenvalue weighted by Crippen LogP contribution is 2.23. The van der Waals surface area contributed by atoms with Crippen LogP contribution in [-0.2, 0) is 0 Å². The average molecular weight is 216 g/mol. The molecule has 0 aliphatic heterocycles. The Hall–Kier alpha value is -1.33. The molecule has 0 amide bonds. The van der Waals surface area contributed by atoms with Gasteiger partial charge >= 0.3 is 0 Å². The third kappa shape index (κ3) is 2.37. The van der Waals surface area contributed by atoms with Crippen LogP contribution in [0.1, 0.15) is 0 Å². The van der Waals surface area contributed by atoms with E-state index >= 15 is 0 Å². The predicted molar refractivity (Wildman–Crippen MR) is 67.8 cm³/mol. The summed E-state index contributed by atoms with van der Waals surface area (Å²) in [6.45, 7) is 0. The van der Waals surface area contributed by atoms with E-state index in [9.17, 15) is 0 Å². The molecule has 1 nitrogen and oxygen atoms in total. The molecule has 2 aromatic rings. The van der Waals surface area contributed by atoms with Gasteiger partial charge in [0.2, 0.25) is 0 Å². The molecule has 0 aromatic heterocycles. The van der Waals surface area contributed by atoms with Crippen molar-refractivity contribution in [1.29, 1.82) is 0 Å². The summed E-state index contributed by atoms with van der Waals surface area (Å²) in [5.41, 5.74) is 2.39. The van der Waals surface area contributed by atoms with E-state index in [4.69, 9.17) is 4.74 Å². The zero-order chi connectivity index (χ0) is 10.7. The second-order valence-corrected chi connectivity index (χ2v) is 4.02. The molecule has 0 spiro atoms. The molecule has 1 unspecified atom stereocenters. The second-order valence-electron chi connectivity index (χ2n) is 3.35. The van der Waals surface area contributed by atoms with Gasteiger partial charge in [-0.1, -0.05) is 36.4 Å². The third-order valence-corrected chi connectivity index (χ3v) is 2.70. The van der Waals surface area contributed by atoms with Gasteiger partial charge in [0, 0.05) is 0 Å². The van der Waals surface area contributed by atoms with Crippen molar-refractivity contribution in [3.63, 3.8) is 0 Å². The summed E-state index contributed by atoms with van der Waals surface area (Å²) in [5.74, 6) is 0.891. The monoisotopic (exact) mass is 216 g/mol. The van der Waals surface area contributed by atoms with Crippen molar-refractivity contribution >= 4 is 14.5 Å². The summed E-state index contributed by atoms with van der Waals surface area (Å²) in [5, 5.41) is 1.20. The Morgan fingerprint density at radius 2 is 1.67 bits per heavy atom. The van der Waals surface area contributed by atoms with Gasteiger partial charge in [-0.25, -0.2) is 0 Å². The lowest BCUT2D eigenvalue weighted by molar-refractivity contribution is 0.415. The molecule has 0 radical (unpaired) electrons. The number of hydrogen-bond acceptors (Lipinski definition) is 1. The van der Waals surface area contributed by atoms with Gasteiger partial charge in [-0.3, -0.25) is 0 Å². The van der Waals surface area contributed by atoms with Gasteiger partial charge in [-0.2, -0.15) is 0 Å². The fourth-order valence-electron chi connectivity index (χ4n) is 1.48. The van der Waals surface area contributed by atoms with E-state index in [1.165, 1.54) is 16.4 Å². The van der Waals surface area contributed by atoms with E-state index in [0.717, 1.165) is 5.75 Å². The van der Waals surface area contributed by atoms with Gasteiger partial charge in [0.25, 0.3) is 0 Å². The topological polar surface area (TPSA) is 9.23 Å². The maximum absolute atomic E-state index is 5.20. The second kappa shape index (κ2) is 4.46. The van der Waals surface area contributed by atoms with E-state index < -0.39 is 0 Å². The van der Waals surface area contributed by atoms with Crippen LogP contribution in [0.3, 0.4) is 0 Å². The lowest BCUT2D eigenvalue weighted by atomic mass is 10.1. The van der Waals surface area contributed by atoms with Crippen molar-refractivity contribution in [3.05, 3.63) is 48.5 Å². The van der Waals surface area contributed by atoms with Crippen molar-refractivity contribution in [2.45, 2.75) is 0 Å². The number of hydrogen-bond donors (Lipinski definition) is 0. The number of ether oxygens (including phenoxy) is 1. The standard InChI is InChI=1S/C13H13OP/c1-14-12-4-2-3-11(9-12)10-5-7-13(15)8-6-10/h2-9H,15H2,1H3. The molecular weight excluding hydrogens is 203 g/mol. The van der Waals surface area contributed by atoms with Crippen molar-refractivity contribution in [1.82, 2.24) is 0 Å². The largest absolute Gasteiger partial charge is 0.497 e. The molecule has 0 aliphatic rings. The number of rotatable bonds is 2. The Morgan fingerprint density at radius 1 is 0.933 bits per heavy atom. The fourth-order valence-corrected chi connectivity index (χ4v) is 1.67. The first kappa shape index (κ1) is 10.2. The Balaban J connectivity index is 2.40. The average Bonchev–Trinajstić information content (AvgIpc) is 2.30. The van der Waals surface area contributed by atoms with Gasteiger partial charge < -0.3 is 4.74 Å². The summed E-state index contributed by atoms with van der Waals surface area (Å²) in [7, 11) is 4.37. The highest BCUT2D eigenvalue weighted by atomic mass is 31.0. The SMILES string of the molecule is COc1cccc(-c2ccc(P)cc2)c1. The van der Waals surface area contributed by atoms with Crippen LogP contribution in [-0.4, -0.2) is 7.11 Å². The zero-order valence-electron chi connectivity index (χ0n) is 8.60. The molecule has 0 heterocycles. The lowest BCUT2D eigenvalue weighted by Crippen LogP contribution is -1.88. The highest BCUT2D eigenvalue weighted by molar-refractivity contribution is 7.27. The molecule has 76 valence electrons. The lowest BCUT2D eigenvalue weighted by Gasteiger charge is -2.04. The molecule has 0 N–H and O–H groups in total. The summed E-state index contributed by atoms with van der Waals surface area (Å²) in [6.07, 6.45) is 0. The maximum Gasteiger partial charge on any atom is 0.119 e. The van der Waals surface area contributed by atoms with E-state index in [2.05, 4.69) is 39.6 Å². The molecule has 0 saturated heterocycles. The smallest absolute Gasteiger partial charge is 0.119 e. The van der Waals surface area contributed by atoms with Gasteiger partial charge in [0.05, 0.1) is 7.11 Å². The molecule has 2 aromatic carbocycles. The first-order valence-electron chi connectivity index (χ1n) is 4.79. The van der Waals surface area contributed by atoms with Crippen molar-refractivity contribution in [2.75, 3.05) is 7.11 Å². The predicted octanol–water partition coefficient (Wildman–Crippen LogP) is 2.86. The summed E-state index contributed by atoms with van der Waals surface area (Å²) in [4.78, 5) is 0. The van der Waals surface area contributed by atoms with Crippen LogP contribution in [0, 0.1) is 0 Å². The van der Waals surface area contributed by atoms with Crippen LogP contribution in [0.4, 0.5) is 0 Å². The van der Waals surface area contributed by atoms with Crippen LogP contribution in [0.2, 0.25) is 0 Å². The van der Waals surface area contributed by atoms with E-state index in [1.807, 2.05) is 18.2 Å². The van der Waals surface area contributed by atoms with Crippen molar-refractivity contribution < 1.29 is 4.74 Å². The summed E-state index contributed by atoms with van der Waals surface area (Å²) >= 11 is 0. The van der Waals surface area contributed by atoms with Gasteiger partial charge in [0.1, 0.15) is 5.75 Å². The minimum atomic E-state index is 0.891. The van der Waals surface area contributed by atoms with E-state index in [0.29, 0.717) is 0 Å². The van der Waals surface area contributed by atoms with Crippen molar-refractivity contribution in [2.24, 2.45) is 0 Å². The number of benzene rings is 2. The molecule has 2 rings (SSSR count). The molecule has 0 saturated carbocycles. The molecule has 1 atom stereocenters. The van der Waals surface area contributed by atoms with Crippen LogP contribution in [0.5, 0.6) is 5.75 Å². The Morgan fingerprint density at radius 3 is 2.33 bits per heavy atom.